The molecule has 1 fully saturated rings. The van der Waals surface area contributed by atoms with Crippen molar-refractivity contribution in [2.75, 3.05) is 5.32 Å². The fourth-order valence-corrected chi connectivity index (χ4v) is 3.83. The van der Waals surface area contributed by atoms with Crippen LogP contribution in [-0.2, 0) is 12.7 Å². The van der Waals surface area contributed by atoms with Gasteiger partial charge < -0.3 is 5.32 Å². The molecule has 1 aliphatic rings. The molecule has 2 aromatic heterocycles. The molecule has 0 radical (unpaired) electrons. The molecule has 6 nitrogen and oxygen atoms in total. The first kappa shape index (κ1) is 22.5. The van der Waals surface area contributed by atoms with Crippen LogP contribution in [0.2, 0.25) is 0 Å². The Kier molecular flexibility index (Phi) is 6.37. The van der Waals surface area contributed by atoms with Crippen LogP contribution < -0.4 is 10.5 Å². The second-order valence-electron chi connectivity index (χ2n) is 7.28. The number of alkyl halides is 5. The molecule has 0 unspecified atom stereocenters. The highest BCUT2D eigenvalue weighted by Gasteiger charge is 2.40. The van der Waals surface area contributed by atoms with Crippen molar-refractivity contribution in [1.82, 2.24) is 14.8 Å². The minimum atomic E-state index is -4.75. The van der Waals surface area contributed by atoms with Crippen molar-refractivity contribution in [3.8, 4) is 0 Å². The van der Waals surface area contributed by atoms with E-state index in [2.05, 4.69) is 15.4 Å². The van der Waals surface area contributed by atoms with Gasteiger partial charge in [0.05, 0.1) is 11.9 Å². The van der Waals surface area contributed by atoms with Gasteiger partial charge in [-0.3, -0.25) is 19.6 Å². The molecule has 3 N–H and O–H groups in total. The van der Waals surface area contributed by atoms with Crippen molar-refractivity contribution in [2.45, 2.75) is 56.1 Å². The van der Waals surface area contributed by atoms with Crippen LogP contribution in [0.1, 0.15) is 47.4 Å². The van der Waals surface area contributed by atoms with Crippen LogP contribution >= 0.6 is 11.9 Å². The molecule has 0 atom stereocenters. The predicted octanol–water partition coefficient (Wildman–Crippen LogP) is 4.65. The van der Waals surface area contributed by atoms with Gasteiger partial charge in [0.1, 0.15) is 5.69 Å². The summed E-state index contributed by atoms with van der Waals surface area (Å²) in [5, 5.41) is 11.6. The Hall–Kier alpha value is -2.21. The van der Waals surface area contributed by atoms with Crippen LogP contribution in [0.15, 0.2) is 23.4 Å². The Bertz CT molecular complexity index is 920. The van der Waals surface area contributed by atoms with Gasteiger partial charge in [0.2, 0.25) is 5.92 Å². The van der Waals surface area contributed by atoms with E-state index in [1.54, 1.807) is 0 Å². The Balaban J connectivity index is 1.89. The third-order valence-electron chi connectivity index (χ3n) is 5.05. The van der Waals surface area contributed by atoms with Gasteiger partial charge >= 0.3 is 6.18 Å². The van der Waals surface area contributed by atoms with E-state index in [9.17, 15) is 26.7 Å². The van der Waals surface area contributed by atoms with E-state index in [0.29, 0.717) is 4.90 Å². The number of anilines is 1. The molecule has 1 amide bonds. The molecule has 30 heavy (non-hydrogen) atoms. The molecular formula is C18H20F5N5OS. The highest BCUT2D eigenvalue weighted by Crippen LogP contribution is 2.38. The summed E-state index contributed by atoms with van der Waals surface area (Å²) in [7, 11) is 0. The summed E-state index contributed by atoms with van der Waals surface area (Å²) >= 11 is 0.901. The summed E-state index contributed by atoms with van der Waals surface area (Å²) in [6.07, 6.45) is -2.32. The van der Waals surface area contributed by atoms with E-state index in [1.807, 2.05) is 0 Å². The average Bonchev–Trinajstić information content (AvgIpc) is 3.00. The van der Waals surface area contributed by atoms with Crippen molar-refractivity contribution >= 4 is 23.5 Å². The molecule has 2 aromatic rings. The van der Waals surface area contributed by atoms with Gasteiger partial charge in [-0.2, -0.15) is 18.3 Å². The fourth-order valence-electron chi connectivity index (χ4n) is 3.51. The number of nitrogens with zero attached hydrogens (tertiary/aromatic N) is 3. The number of carbonyl (C=O) groups excluding carboxylic acids is 1. The first-order valence-corrected chi connectivity index (χ1v) is 10.0. The number of nitrogens with one attached hydrogen (secondary N) is 1. The molecule has 1 saturated carbocycles. The Morgan fingerprint density at radius 3 is 2.60 bits per heavy atom. The lowest BCUT2D eigenvalue weighted by Gasteiger charge is -2.28. The van der Waals surface area contributed by atoms with Crippen molar-refractivity contribution in [3.63, 3.8) is 0 Å². The van der Waals surface area contributed by atoms with E-state index >= 15 is 0 Å². The maximum atomic E-state index is 13.4. The summed E-state index contributed by atoms with van der Waals surface area (Å²) in [4.78, 5) is 17.3. The van der Waals surface area contributed by atoms with Crippen LogP contribution in [-0.4, -0.2) is 26.6 Å². The smallest absolute Gasteiger partial charge is 0.319 e. The molecule has 1 aliphatic carbocycles. The highest BCUT2D eigenvalue weighted by atomic mass is 32.2. The van der Waals surface area contributed by atoms with E-state index in [1.165, 1.54) is 25.4 Å². The van der Waals surface area contributed by atoms with Crippen LogP contribution in [0, 0.1) is 12.8 Å². The number of aromatic nitrogens is 3. The van der Waals surface area contributed by atoms with Crippen LogP contribution in [0.25, 0.3) is 0 Å². The first-order valence-electron chi connectivity index (χ1n) is 9.16. The van der Waals surface area contributed by atoms with Gasteiger partial charge in [-0.1, -0.05) is 0 Å². The molecule has 0 aromatic carbocycles. The van der Waals surface area contributed by atoms with Gasteiger partial charge in [0.15, 0.2) is 5.69 Å². The van der Waals surface area contributed by atoms with Gasteiger partial charge in [-0.05, 0) is 43.7 Å². The zero-order valence-corrected chi connectivity index (χ0v) is 16.8. The maximum absolute atomic E-state index is 13.4. The van der Waals surface area contributed by atoms with Crippen molar-refractivity contribution < 1.29 is 26.7 Å². The number of pyridine rings is 1. The van der Waals surface area contributed by atoms with Crippen molar-refractivity contribution in [3.05, 3.63) is 35.4 Å². The number of amides is 1. The number of rotatable bonds is 5. The largest absolute Gasteiger partial charge is 0.435 e. The fraction of sp³-hybridized carbons (Fsp3) is 0.500. The minimum absolute atomic E-state index is 0.0489. The molecule has 3 rings (SSSR count). The van der Waals surface area contributed by atoms with Gasteiger partial charge in [0, 0.05) is 36.0 Å². The zero-order chi connectivity index (χ0) is 22.1. The SMILES string of the molecule is Cc1c(C(F)(F)F)nn(CC2CCC(F)(F)CC2)c1C(=O)Nc1cncc(SN)c1. The number of halogens is 5. The van der Waals surface area contributed by atoms with Gasteiger partial charge in [-0.15, -0.1) is 0 Å². The third kappa shape index (κ3) is 5.09. The lowest BCUT2D eigenvalue weighted by Crippen LogP contribution is -2.28. The van der Waals surface area contributed by atoms with E-state index < -0.39 is 23.7 Å². The Morgan fingerprint density at radius 1 is 1.33 bits per heavy atom. The summed E-state index contributed by atoms with van der Waals surface area (Å²) in [5.41, 5.74) is -1.49. The molecule has 0 spiro atoms. The van der Waals surface area contributed by atoms with Crippen LogP contribution in [0.5, 0.6) is 0 Å². The standard InChI is InChI=1S/C18H20F5N5OS/c1-10-14(16(29)26-12-6-13(30-24)8-25-7-12)28(27-15(10)18(21,22)23)9-11-2-4-17(19,20)5-3-11/h6-8,11H,2-5,9,24H2,1H3,(H,26,29). The number of carbonyl (C=O) groups is 1. The monoisotopic (exact) mass is 449 g/mol. The lowest BCUT2D eigenvalue weighted by atomic mass is 9.87. The summed E-state index contributed by atoms with van der Waals surface area (Å²) in [6, 6.07) is 1.53. The summed E-state index contributed by atoms with van der Waals surface area (Å²) in [6.45, 7) is 1.12. The molecule has 0 saturated heterocycles. The van der Waals surface area contributed by atoms with Crippen molar-refractivity contribution in [1.29, 1.82) is 0 Å². The molecular weight excluding hydrogens is 429 g/mol. The molecule has 12 heteroatoms. The van der Waals surface area contributed by atoms with Crippen LogP contribution in [0.3, 0.4) is 0 Å². The molecule has 0 aliphatic heterocycles. The topological polar surface area (TPSA) is 85.8 Å². The first-order chi connectivity index (χ1) is 14.0. The van der Waals surface area contributed by atoms with E-state index in [0.717, 1.165) is 16.6 Å². The molecule has 0 bridgehead atoms. The number of hydrogen-bond acceptors (Lipinski definition) is 5. The summed E-state index contributed by atoms with van der Waals surface area (Å²) in [5.74, 6) is -3.85. The predicted molar refractivity (Wildman–Crippen MR) is 101 cm³/mol. The maximum Gasteiger partial charge on any atom is 0.435 e. The van der Waals surface area contributed by atoms with Crippen LogP contribution in [0.4, 0.5) is 27.6 Å². The Morgan fingerprint density at radius 2 is 2.00 bits per heavy atom. The zero-order valence-electron chi connectivity index (χ0n) is 16.0. The average molecular weight is 449 g/mol. The van der Waals surface area contributed by atoms with E-state index in [-0.39, 0.29) is 55.1 Å². The van der Waals surface area contributed by atoms with Gasteiger partial charge in [0.25, 0.3) is 5.91 Å². The number of nitrogens with two attached hydrogens (primary N) is 1. The summed E-state index contributed by atoms with van der Waals surface area (Å²) < 4.78 is 67.9. The molecule has 2 heterocycles. The third-order valence-corrected chi connectivity index (χ3v) is 5.54. The Labute approximate surface area is 173 Å². The molecule has 164 valence electrons. The normalized spacial score (nSPS) is 17.2. The lowest BCUT2D eigenvalue weighted by molar-refractivity contribution is -0.142. The minimum Gasteiger partial charge on any atom is -0.319 e. The number of hydrogen-bond donors (Lipinski definition) is 2. The second-order valence-corrected chi connectivity index (χ2v) is 7.99. The van der Waals surface area contributed by atoms with E-state index in [4.69, 9.17) is 5.14 Å². The van der Waals surface area contributed by atoms with Crippen molar-refractivity contribution in [2.24, 2.45) is 11.1 Å². The second kappa shape index (κ2) is 8.50. The van der Waals surface area contributed by atoms with Gasteiger partial charge in [-0.25, -0.2) is 8.78 Å². The highest BCUT2D eigenvalue weighted by molar-refractivity contribution is 7.97. The quantitative estimate of drug-likeness (QED) is 0.513.